The van der Waals surface area contributed by atoms with Crippen LogP contribution in [0.3, 0.4) is 0 Å². The average molecular weight is 447 g/mol. The van der Waals surface area contributed by atoms with Crippen molar-refractivity contribution in [2.24, 2.45) is 0 Å². The first-order valence-electron chi connectivity index (χ1n) is 12.4. The lowest BCUT2D eigenvalue weighted by atomic mass is 9.58. The van der Waals surface area contributed by atoms with Gasteiger partial charge in [-0.05, 0) is 54.8 Å². The Morgan fingerprint density at radius 3 is 2.09 bits per heavy atom. The maximum atomic E-state index is 4.45. The molecule has 170 valence electrons. The van der Waals surface area contributed by atoms with Crippen LogP contribution in [-0.4, -0.2) is 0 Å². The van der Waals surface area contributed by atoms with Crippen LogP contribution in [0.4, 0.5) is 0 Å². The van der Waals surface area contributed by atoms with Gasteiger partial charge in [-0.1, -0.05) is 56.8 Å². The number of aromatic nitrogens is 2. The Morgan fingerprint density at radius 1 is 0.735 bits per heavy atom. The average Bonchev–Trinajstić information content (AvgIpc) is 2.90. The number of benzene rings is 2. The van der Waals surface area contributed by atoms with Gasteiger partial charge in [-0.2, -0.15) is 9.13 Å². The van der Waals surface area contributed by atoms with E-state index in [9.17, 15) is 0 Å². The number of pyridine rings is 2. The van der Waals surface area contributed by atoms with Gasteiger partial charge in [0.05, 0.1) is 5.56 Å². The van der Waals surface area contributed by atoms with Crippen molar-refractivity contribution in [3.63, 3.8) is 0 Å². The van der Waals surface area contributed by atoms with Gasteiger partial charge >= 0.3 is 0 Å². The Labute approximate surface area is 203 Å². The Morgan fingerprint density at radius 2 is 1.38 bits per heavy atom. The minimum absolute atomic E-state index is 0.164. The smallest absolute Gasteiger partial charge is 0.197 e. The number of aryl methyl sites for hydroxylation is 1. The number of rotatable bonds is 6. The Hall–Kier alpha value is -3.52. The lowest BCUT2D eigenvalue weighted by Gasteiger charge is -2.46. The molecule has 1 aliphatic rings. The van der Waals surface area contributed by atoms with Gasteiger partial charge in [0.15, 0.2) is 18.9 Å². The first kappa shape index (κ1) is 22.3. The fourth-order valence-corrected chi connectivity index (χ4v) is 6.39. The van der Waals surface area contributed by atoms with E-state index in [4.69, 9.17) is 0 Å². The Balaban J connectivity index is 1.80. The van der Waals surface area contributed by atoms with Crippen LogP contribution in [0.15, 0.2) is 110 Å². The van der Waals surface area contributed by atoms with E-state index in [0.717, 1.165) is 19.4 Å². The second-order valence-electron chi connectivity index (χ2n) is 9.45. The lowest BCUT2D eigenvalue weighted by Crippen LogP contribution is -2.72. The number of fused-ring (bicyclic) bond motifs is 3. The lowest BCUT2D eigenvalue weighted by molar-refractivity contribution is -0.777. The van der Waals surface area contributed by atoms with Crippen LogP contribution in [0.5, 0.6) is 0 Å². The molecule has 2 unspecified atom stereocenters. The van der Waals surface area contributed by atoms with E-state index in [1.54, 1.807) is 0 Å². The summed E-state index contributed by atoms with van der Waals surface area (Å²) < 4.78 is 4.95. The van der Waals surface area contributed by atoms with Crippen molar-refractivity contribution >= 4 is 0 Å². The summed E-state index contributed by atoms with van der Waals surface area (Å²) in [6.45, 7) is 12.2. The molecule has 2 nitrogen and oxygen atoms in total. The molecule has 0 bridgehead atoms. The van der Waals surface area contributed by atoms with Crippen LogP contribution in [0.1, 0.15) is 37.8 Å². The molecule has 5 rings (SSSR count). The van der Waals surface area contributed by atoms with E-state index in [2.05, 4.69) is 140 Å². The van der Waals surface area contributed by atoms with Crippen LogP contribution >= 0.6 is 0 Å². The molecule has 2 aromatic heterocycles. The van der Waals surface area contributed by atoms with Gasteiger partial charge < -0.3 is 0 Å². The van der Waals surface area contributed by atoms with Crippen molar-refractivity contribution in [3.8, 4) is 22.5 Å². The Bertz CT molecular complexity index is 1350. The van der Waals surface area contributed by atoms with E-state index in [-0.39, 0.29) is 11.0 Å². The second-order valence-corrected chi connectivity index (χ2v) is 9.45. The molecule has 4 aromatic rings. The zero-order chi connectivity index (χ0) is 23.8. The van der Waals surface area contributed by atoms with Gasteiger partial charge in [-0.25, -0.2) is 0 Å². The summed E-state index contributed by atoms with van der Waals surface area (Å²) in [7, 11) is 0. The topological polar surface area (TPSA) is 7.76 Å². The molecule has 0 radical (unpaired) electrons. The monoisotopic (exact) mass is 446 g/mol. The van der Waals surface area contributed by atoms with Gasteiger partial charge in [-0.15, -0.1) is 0 Å². The summed E-state index contributed by atoms with van der Waals surface area (Å²) in [6, 6.07) is 30.8. The van der Waals surface area contributed by atoms with Crippen LogP contribution < -0.4 is 9.13 Å². The molecule has 0 fully saturated rings. The third-order valence-corrected chi connectivity index (χ3v) is 8.12. The quantitative estimate of drug-likeness (QED) is 0.234. The largest absolute Gasteiger partial charge is 0.213 e. The molecule has 0 saturated carbocycles. The molecule has 2 atom stereocenters. The van der Waals surface area contributed by atoms with Gasteiger partial charge in [-0.3, -0.25) is 0 Å². The normalized spacial score (nSPS) is 20.9. The third-order valence-electron chi connectivity index (χ3n) is 8.12. The Kier molecular flexibility index (Phi) is 5.69. The van der Waals surface area contributed by atoms with Crippen molar-refractivity contribution in [3.05, 3.63) is 121 Å². The zero-order valence-corrected chi connectivity index (χ0v) is 20.5. The minimum Gasteiger partial charge on any atom is -0.197 e. The van der Waals surface area contributed by atoms with E-state index < -0.39 is 0 Å². The molecule has 0 aliphatic carbocycles. The SMILES string of the molecule is C=CC1(CC)[n+]2ccccc2-c2ccccc2C1(CC)C[n+]1ccccc1-c1ccccc1C. The maximum Gasteiger partial charge on any atom is 0.213 e. The summed E-state index contributed by atoms with van der Waals surface area (Å²) in [6.07, 6.45) is 8.68. The molecule has 0 saturated heterocycles. The highest BCUT2D eigenvalue weighted by atomic mass is 15.1. The van der Waals surface area contributed by atoms with Gasteiger partial charge in [0, 0.05) is 36.2 Å². The van der Waals surface area contributed by atoms with Crippen LogP contribution in [0, 0.1) is 6.92 Å². The molecule has 0 amide bonds. The van der Waals surface area contributed by atoms with Gasteiger partial charge in [0.2, 0.25) is 16.9 Å². The summed E-state index contributed by atoms with van der Waals surface area (Å²) >= 11 is 0. The maximum absolute atomic E-state index is 4.45. The van der Waals surface area contributed by atoms with E-state index in [0.29, 0.717) is 0 Å². The molecular weight excluding hydrogens is 412 g/mol. The highest BCUT2D eigenvalue weighted by molar-refractivity contribution is 5.66. The summed E-state index contributed by atoms with van der Waals surface area (Å²) in [4.78, 5) is 0. The molecule has 3 heterocycles. The number of nitrogens with zero attached hydrogens (tertiary/aromatic N) is 2. The molecule has 2 aromatic carbocycles. The first-order valence-corrected chi connectivity index (χ1v) is 12.4. The molecule has 34 heavy (non-hydrogen) atoms. The van der Waals surface area contributed by atoms with Crippen molar-refractivity contribution in [2.45, 2.75) is 51.1 Å². The first-order chi connectivity index (χ1) is 16.6. The van der Waals surface area contributed by atoms with E-state index in [1.807, 2.05) is 0 Å². The van der Waals surface area contributed by atoms with Gasteiger partial charge in [0.25, 0.3) is 0 Å². The molecule has 0 N–H and O–H groups in total. The van der Waals surface area contributed by atoms with Crippen molar-refractivity contribution in [2.75, 3.05) is 0 Å². The van der Waals surface area contributed by atoms with E-state index >= 15 is 0 Å². The summed E-state index contributed by atoms with van der Waals surface area (Å²) in [5.74, 6) is 0. The van der Waals surface area contributed by atoms with Crippen LogP contribution in [0.25, 0.3) is 22.5 Å². The standard InChI is InChI=1S/C32H34N2/c1-5-31(24-33-22-14-12-20-29(33)26-17-9-8-16-25(26)4)28-19-11-10-18-27(28)30-21-13-15-23-34(30)32(31,6-2)7-3/h6,8-23H,2,5,7,24H2,1,3-4H3/q+2. The predicted octanol–water partition coefficient (Wildman–Crippen LogP) is 6.56. The molecular formula is C32H34N2+2. The van der Waals surface area contributed by atoms with Crippen molar-refractivity contribution in [1.82, 2.24) is 0 Å². The predicted molar refractivity (Wildman–Crippen MR) is 139 cm³/mol. The molecule has 1 aliphatic heterocycles. The van der Waals surface area contributed by atoms with E-state index in [1.165, 1.54) is 33.6 Å². The van der Waals surface area contributed by atoms with Gasteiger partial charge in [0.1, 0.15) is 5.41 Å². The summed E-state index contributed by atoms with van der Waals surface area (Å²) in [5, 5.41) is 0. The summed E-state index contributed by atoms with van der Waals surface area (Å²) in [5.41, 5.74) is 7.42. The highest BCUT2D eigenvalue weighted by Gasteiger charge is 2.62. The van der Waals surface area contributed by atoms with Crippen molar-refractivity contribution in [1.29, 1.82) is 0 Å². The third kappa shape index (κ3) is 3.09. The zero-order valence-electron chi connectivity index (χ0n) is 20.5. The second kappa shape index (κ2) is 8.68. The van der Waals surface area contributed by atoms with Crippen LogP contribution in [-0.2, 0) is 17.5 Å². The minimum atomic E-state index is -0.251. The van der Waals surface area contributed by atoms with Crippen LogP contribution in [0.2, 0.25) is 0 Å². The number of hydrogen-bond acceptors (Lipinski definition) is 0. The number of hydrogen-bond donors (Lipinski definition) is 0. The molecule has 2 heteroatoms. The molecule has 0 spiro atoms. The number of allylic oxidation sites excluding steroid dienone is 1. The highest BCUT2D eigenvalue weighted by Crippen LogP contribution is 2.50. The fourth-order valence-electron chi connectivity index (χ4n) is 6.39. The fraction of sp³-hybridized carbons (Fsp3) is 0.250. The van der Waals surface area contributed by atoms with Crippen molar-refractivity contribution < 1.29 is 9.13 Å².